The predicted molar refractivity (Wildman–Crippen MR) is 86.7 cm³/mol. The van der Waals surface area contributed by atoms with Crippen molar-refractivity contribution in [1.82, 2.24) is 4.90 Å². The van der Waals surface area contributed by atoms with Gasteiger partial charge < -0.3 is 14.1 Å². The maximum Gasteiger partial charge on any atom is 0.246 e. The molecule has 116 valence electrons. The SMILES string of the molecule is COc1ccc(C)cc1/C=C/C(=O)N(C)Cc1ccc(C)o1. The molecule has 0 unspecified atom stereocenters. The van der Waals surface area contributed by atoms with Crippen molar-refractivity contribution in [3.8, 4) is 5.75 Å². The van der Waals surface area contributed by atoms with Crippen LogP contribution in [-0.4, -0.2) is 25.0 Å². The molecule has 0 saturated carbocycles. The highest BCUT2D eigenvalue weighted by Crippen LogP contribution is 2.21. The molecule has 0 radical (unpaired) electrons. The van der Waals surface area contributed by atoms with E-state index in [0.717, 1.165) is 28.4 Å². The van der Waals surface area contributed by atoms with Crippen molar-refractivity contribution in [1.29, 1.82) is 0 Å². The maximum atomic E-state index is 12.2. The van der Waals surface area contributed by atoms with Crippen molar-refractivity contribution < 1.29 is 13.9 Å². The van der Waals surface area contributed by atoms with Crippen LogP contribution in [0.4, 0.5) is 0 Å². The standard InChI is InChI=1S/C18H21NO3/c1-13-5-9-17(21-4)15(11-13)7-10-18(20)19(3)12-16-8-6-14(2)22-16/h5-11H,12H2,1-4H3/b10-7+. The molecule has 0 bridgehead atoms. The van der Waals surface area contributed by atoms with Gasteiger partial charge in [-0.3, -0.25) is 4.79 Å². The summed E-state index contributed by atoms with van der Waals surface area (Å²) in [6.07, 6.45) is 3.32. The summed E-state index contributed by atoms with van der Waals surface area (Å²) in [4.78, 5) is 13.8. The minimum Gasteiger partial charge on any atom is -0.496 e. The van der Waals surface area contributed by atoms with E-state index in [0.29, 0.717) is 6.54 Å². The molecule has 0 aliphatic heterocycles. The third-order valence-corrected chi connectivity index (χ3v) is 3.36. The van der Waals surface area contributed by atoms with E-state index in [1.54, 1.807) is 31.2 Å². The number of rotatable bonds is 5. The average Bonchev–Trinajstić information content (AvgIpc) is 2.90. The van der Waals surface area contributed by atoms with Gasteiger partial charge in [-0.05, 0) is 44.2 Å². The number of furan rings is 1. The zero-order valence-electron chi connectivity index (χ0n) is 13.4. The Balaban J connectivity index is 2.06. The lowest BCUT2D eigenvalue weighted by molar-refractivity contribution is -0.125. The van der Waals surface area contributed by atoms with Gasteiger partial charge in [-0.25, -0.2) is 0 Å². The molecule has 0 aliphatic rings. The molecule has 22 heavy (non-hydrogen) atoms. The predicted octanol–water partition coefficient (Wildman–Crippen LogP) is 3.58. The number of carbonyl (C=O) groups is 1. The van der Waals surface area contributed by atoms with Crippen LogP contribution in [0.25, 0.3) is 6.08 Å². The van der Waals surface area contributed by atoms with E-state index in [1.807, 2.05) is 44.2 Å². The second-order valence-corrected chi connectivity index (χ2v) is 5.29. The van der Waals surface area contributed by atoms with Gasteiger partial charge in [0.2, 0.25) is 5.91 Å². The molecule has 0 N–H and O–H groups in total. The van der Waals surface area contributed by atoms with Gasteiger partial charge >= 0.3 is 0 Å². The van der Waals surface area contributed by atoms with Crippen molar-refractivity contribution in [2.75, 3.05) is 14.2 Å². The van der Waals surface area contributed by atoms with Crippen LogP contribution in [0.15, 0.2) is 40.8 Å². The molecule has 4 nitrogen and oxygen atoms in total. The Kier molecular flexibility index (Phi) is 5.04. The number of hydrogen-bond acceptors (Lipinski definition) is 3. The number of likely N-dealkylation sites (N-methyl/N-ethyl adjacent to an activating group) is 1. The van der Waals surface area contributed by atoms with Crippen molar-refractivity contribution in [2.45, 2.75) is 20.4 Å². The number of methoxy groups -OCH3 is 1. The van der Waals surface area contributed by atoms with Crippen LogP contribution in [0.1, 0.15) is 22.6 Å². The molecule has 1 aromatic heterocycles. The summed E-state index contributed by atoms with van der Waals surface area (Å²) >= 11 is 0. The van der Waals surface area contributed by atoms with Gasteiger partial charge in [-0.1, -0.05) is 11.6 Å². The van der Waals surface area contributed by atoms with Crippen molar-refractivity contribution >= 4 is 12.0 Å². The summed E-state index contributed by atoms with van der Waals surface area (Å²) in [7, 11) is 3.37. The van der Waals surface area contributed by atoms with Gasteiger partial charge in [-0.2, -0.15) is 0 Å². The first kappa shape index (κ1) is 15.9. The van der Waals surface area contributed by atoms with E-state index in [9.17, 15) is 4.79 Å². The Morgan fingerprint density at radius 1 is 1.27 bits per heavy atom. The number of carbonyl (C=O) groups excluding carboxylic acids is 1. The fourth-order valence-corrected chi connectivity index (χ4v) is 2.15. The Morgan fingerprint density at radius 2 is 2.05 bits per heavy atom. The van der Waals surface area contributed by atoms with Gasteiger partial charge in [0.15, 0.2) is 0 Å². The zero-order chi connectivity index (χ0) is 16.1. The quantitative estimate of drug-likeness (QED) is 0.793. The van der Waals surface area contributed by atoms with Crippen molar-refractivity contribution in [2.24, 2.45) is 0 Å². The van der Waals surface area contributed by atoms with E-state index in [2.05, 4.69) is 0 Å². The van der Waals surface area contributed by atoms with Gasteiger partial charge in [0.25, 0.3) is 0 Å². The molecule has 0 saturated heterocycles. The topological polar surface area (TPSA) is 42.7 Å². The van der Waals surface area contributed by atoms with Crippen LogP contribution in [0.2, 0.25) is 0 Å². The van der Waals surface area contributed by atoms with E-state index >= 15 is 0 Å². The molecular weight excluding hydrogens is 278 g/mol. The fourth-order valence-electron chi connectivity index (χ4n) is 2.15. The number of amides is 1. The maximum absolute atomic E-state index is 12.2. The lowest BCUT2D eigenvalue weighted by Gasteiger charge is -2.13. The van der Waals surface area contributed by atoms with Crippen LogP contribution in [0.3, 0.4) is 0 Å². The molecule has 2 aromatic rings. The second kappa shape index (κ2) is 6.98. The highest BCUT2D eigenvalue weighted by Gasteiger charge is 2.09. The Bertz CT molecular complexity index is 685. The first-order valence-electron chi connectivity index (χ1n) is 7.12. The van der Waals surface area contributed by atoms with Crippen LogP contribution in [-0.2, 0) is 11.3 Å². The molecule has 4 heteroatoms. The van der Waals surface area contributed by atoms with E-state index < -0.39 is 0 Å². The molecule has 1 aromatic carbocycles. The van der Waals surface area contributed by atoms with Crippen LogP contribution < -0.4 is 4.74 Å². The van der Waals surface area contributed by atoms with Gasteiger partial charge in [-0.15, -0.1) is 0 Å². The third-order valence-electron chi connectivity index (χ3n) is 3.36. The molecular formula is C18H21NO3. The third kappa shape index (κ3) is 4.01. The molecule has 1 heterocycles. The Labute approximate surface area is 131 Å². The van der Waals surface area contributed by atoms with Crippen LogP contribution in [0.5, 0.6) is 5.75 Å². The van der Waals surface area contributed by atoms with E-state index in [4.69, 9.17) is 9.15 Å². The first-order valence-corrected chi connectivity index (χ1v) is 7.12. The first-order chi connectivity index (χ1) is 10.5. The Hall–Kier alpha value is -2.49. The smallest absolute Gasteiger partial charge is 0.246 e. The summed E-state index contributed by atoms with van der Waals surface area (Å²) < 4.78 is 10.8. The average molecular weight is 299 g/mol. The number of benzene rings is 1. The number of hydrogen-bond donors (Lipinski definition) is 0. The summed E-state index contributed by atoms with van der Waals surface area (Å²) in [6, 6.07) is 9.63. The molecule has 0 spiro atoms. The van der Waals surface area contributed by atoms with Gasteiger partial charge in [0.05, 0.1) is 13.7 Å². The summed E-state index contributed by atoms with van der Waals surface area (Å²) in [6.45, 7) is 4.33. The summed E-state index contributed by atoms with van der Waals surface area (Å²) in [5.41, 5.74) is 2.01. The monoisotopic (exact) mass is 299 g/mol. The zero-order valence-corrected chi connectivity index (χ0v) is 13.4. The van der Waals surface area contributed by atoms with Crippen LogP contribution in [0, 0.1) is 13.8 Å². The van der Waals surface area contributed by atoms with E-state index in [1.165, 1.54) is 0 Å². The lowest BCUT2D eigenvalue weighted by Crippen LogP contribution is -2.23. The summed E-state index contributed by atoms with van der Waals surface area (Å²) in [5, 5.41) is 0. The van der Waals surface area contributed by atoms with Crippen molar-refractivity contribution in [3.63, 3.8) is 0 Å². The van der Waals surface area contributed by atoms with Gasteiger partial charge in [0.1, 0.15) is 17.3 Å². The van der Waals surface area contributed by atoms with Gasteiger partial charge in [0, 0.05) is 18.7 Å². The fraction of sp³-hybridized carbons (Fsp3) is 0.278. The highest BCUT2D eigenvalue weighted by atomic mass is 16.5. The highest BCUT2D eigenvalue weighted by molar-refractivity contribution is 5.92. The molecule has 1 amide bonds. The molecule has 0 atom stereocenters. The summed E-state index contributed by atoms with van der Waals surface area (Å²) in [5.74, 6) is 2.28. The molecule has 2 rings (SSSR count). The number of nitrogens with zero attached hydrogens (tertiary/aromatic N) is 1. The minimum atomic E-state index is -0.0855. The Morgan fingerprint density at radius 3 is 2.68 bits per heavy atom. The largest absolute Gasteiger partial charge is 0.496 e. The van der Waals surface area contributed by atoms with E-state index in [-0.39, 0.29) is 5.91 Å². The minimum absolute atomic E-state index is 0.0855. The normalized spacial score (nSPS) is 10.9. The number of aryl methyl sites for hydroxylation is 2. The molecule has 0 fully saturated rings. The second-order valence-electron chi connectivity index (χ2n) is 5.29. The van der Waals surface area contributed by atoms with Crippen molar-refractivity contribution in [3.05, 3.63) is 59.1 Å². The molecule has 0 aliphatic carbocycles. The number of ether oxygens (including phenoxy) is 1. The lowest BCUT2D eigenvalue weighted by atomic mass is 10.1. The van der Waals surface area contributed by atoms with Crippen LogP contribution >= 0.6 is 0 Å².